The third-order valence-electron chi connectivity index (χ3n) is 1.82. The topological polar surface area (TPSA) is 85.1 Å². The van der Waals surface area contributed by atoms with Crippen LogP contribution in [0.3, 0.4) is 0 Å². The Morgan fingerprint density at radius 1 is 1.40 bits per heavy atom. The molecular formula is C10H13N3O2. The van der Waals surface area contributed by atoms with Gasteiger partial charge >= 0.3 is 0 Å². The number of aromatic nitrogens is 1. The van der Waals surface area contributed by atoms with Crippen molar-refractivity contribution in [3.63, 3.8) is 0 Å². The second kappa shape index (κ2) is 4.54. The van der Waals surface area contributed by atoms with Gasteiger partial charge in [-0.1, -0.05) is 13.8 Å². The number of hydrogen-bond donors (Lipinski definition) is 2. The van der Waals surface area contributed by atoms with Crippen molar-refractivity contribution in [2.24, 2.45) is 11.7 Å². The lowest BCUT2D eigenvalue weighted by molar-refractivity contribution is -0.118. The summed E-state index contributed by atoms with van der Waals surface area (Å²) in [5.74, 6) is -0.347. The molecule has 1 heterocycles. The molecule has 0 aliphatic carbocycles. The third-order valence-corrected chi connectivity index (χ3v) is 1.82. The zero-order chi connectivity index (χ0) is 11.4. The summed E-state index contributed by atoms with van der Waals surface area (Å²) < 4.78 is 0. The van der Waals surface area contributed by atoms with Crippen molar-refractivity contribution in [1.82, 2.24) is 4.98 Å². The number of carbonyl (C=O) groups is 2. The van der Waals surface area contributed by atoms with Crippen molar-refractivity contribution < 1.29 is 9.59 Å². The molecule has 0 aromatic carbocycles. The van der Waals surface area contributed by atoms with Crippen LogP contribution in [0.15, 0.2) is 18.3 Å². The quantitative estimate of drug-likeness (QED) is 0.767. The lowest BCUT2D eigenvalue weighted by atomic mass is 10.2. The molecule has 5 heteroatoms. The normalized spacial score (nSPS) is 10.1. The highest BCUT2D eigenvalue weighted by Gasteiger charge is 2.08. The van der Waals surface area contributed by atoms with Crippen LogP contribution in [0.5, 0.6) is 0 Å². The Hall–Kier alpha value is -1.91. The van der Waals surface area contributed by atoms with Crippen molar-refractivity contribution in [1.29, 1.82) is 0 Å². The minimum absolute atomic E-state index is 0.109. The van der Waals surface area contributed by atoms with Crippen LogP contribution >= 0.6 is 0 Å². The minimum Gasteiger partial charge on any atom is -0.366 e. The number of anilines is 1. The van der Waals surface area contributed by atoms with Gasteiger partial charge in [-0.25, -0.2) is 4.98 Å². The van der Waals surface area contributed by atoms with Gasteiger partial charge in [-0.2, -0.15) is 0 Å². The molecule has 0 bridgehead atoms. The smallest absolute Gasteiger partial charge is 0.250 e. The van der Waals surface area contributed by atoms with E-state index in [2.05, 4.69) is 10.3 Å². The minimum atomic E-state index is -0.538. The maximum Gasteiger partial charge on any atom is 0.250 e. The number of hydrogen-bond acceptors (Lipinski definition) is 3. The average Bonchev–Trinajstić information content (AvgIpc) is 2.18. The molecule has 2 amide bonds. The number of primary amides is 1. The predicted octanol–water partition coefficient (Wildman–Crippen LogP) is 0.775. The van der Waals surface area contributed by atoms with Crippen LogP contribution in [0.4, 0.5) is 5.82 Å². The standard InChI is InChI=1S/C10H13N3O2/c1-6(2)10(15)13-8-4-3-7(5-12-8)9(11)14/h3-6H,1-2H3,(H2,11,14)(H,12,13,15). The van der Waals surface area contributed by atoms with E-state index in [1.165, 1.54) is 12.3 Å². The summed E-state index contributed by atoms with van der Waals surface area (Å²) in [4.78, 5) is 25.9. The molecule has 5 nitrogen and oxygen atoms in total. The summed E-state index contributed by atoms with van der Waals surface area (Å²) in [7, 11) is 0. The SMILES string of the molecule is CC(C)C(=O)Nc1ccc(C(N)=O)cn1. The van der Waals surface area contributed by atoms with Gasteiger partial charge in [-0.05, 0) is 12.1 Å². The third kappa shape index (κ3) is 3.05. The van der Waals surface area contributed by atoms with E-state index >= 15 is 0 Å². The molecule has 0 radical (unpaired) electrons. The van der Waals surface area contributed by atoms with E-state index < -0.39 is 5.91 Å². The van der Waals surface area contributed by atoms with Crippen LogP contribution in [0.1, 0.15) is 24.2 Å². The average molecular weight is 207 g/mol. The molecule has 80 valence electrons. The molecule has 0 atom stereocenters. The van der Waals surface area contributed by atoms with Crippen LogP contribution in [-0.4, -0.2) is 16.8 Å². The Bertz CT molecular complexity index is 371. The molecule has 15 heavy (non-hydrogen) atoms. The lowest BCUT2D eigenvalue weighted by Gasteiger charge is -2.06. The highest BCUT2D eigenvalue weighted by atomic mass is 16.2. The van der Waals surface area contributed by atoms with Crippen molar-refractivity contribution in [2.45, 2.75) is 13.8 Å². The molecule has 0 aliphatic heterocycles. The summed E-state index contributed by atoms with van der Waals surface area (Å²) in [5.41, 5.74) is 5.36. The van der Waals surface area contributed by atoms with E-state index in [1.807, 2.05) is 0 Å². The maximum absolute atomic E-state index is 11.3. The van der Waals surface area contributed by atoms with Gasteiger partial charge < -0.3 is 11.1 Å². The molecule has 0 saturated carbocycles. The largest absolute Gasteiger partial charge is 0.366 e. The zero-order valence-electron chi connectivity index (χ0n) is 8.65. The van der Waals surface area contributed by atoms with Gasteiger partial charge in [0.05, 0.1) is 5.56 Å². The van der Waals surface area contributed by atoms with E-state index in [1.54, 1.807) is 19.9 Å². The van der Waals surface area contributed by atoms with Crippen molar-refractivity contribution >= 4 is 17.6 Å². The molecule has 1 rings (SSSR count). The van der Waals surface area contributed by atoms with E-state index in [4.69, 9.17) is 5.73 Å². The van der Waals surface area contributed by atoms with Gasteiger partial charge in [0.2, 0.25) is 11.8 Å². The van der Waals surface area contributed by atoms with Crippen LogP contribution in [0, 0.1) is 5.92 Å². The Kier molecular flexibility index (Phi) is 3.38. The number of rotatable bonds is 3. The molecule has 0 spiro atoms. The summed E-state index contributed by atoms with van der Waals surface area (Å²) in [6.45, 7) is 3.57. The maximum atomic E-state index is 11.3. The van der Waals surface area contributed by atoms with E-state index in [0.717, 1.165) is 0 Å². The number of nitrogens with one attached hydrogen (secondary N) is 1. The predicted molar refractivity (Wildman–Crippen MR) is 56.2 cm³/mol. The number of amides is 2. The Labute approximate surface area is 87.7 Å². The Balaban J connectivity index is 2.73. The number of nitrogens with zero attached hydrogens (tertiary/aromatic N) is 1. The van der Waals surface area contributed by atoms with Crippen molar-refractivity contribution in [3.8, 4) is 0 Å². The van der Waals surface area contributed by atoms with Crippen LogP contribution < -0.4 is 11.1 Å². The summed E-state index contributed by atoms with van der Waals surface area (Å²) in [6, 6.07) is 3.06. The first-order valence-electron chi connectivity index (χ1n) is 4.57. The molecule has 3 N–H and O–H groups in total. The van der Waals surface area contributed by atoms with E-state index in [0.29, 0.717) is 11.4 Å². The molecule has 0 fully saturated rings. The van der Waals surface area contributed by atoms with Crippen LogP contribution in [0.25, 0.3) is 0 Å². The Morgan fingerprint density at radius 3 is 2.47 bits per heavy atom. The van der Waals surface area contributed by atoms with Gasteiger partial charge in [-0.15, -0.1) is 0 Å². The number of carbonyl (C=O) groups excluding carboxylic acids is 2. The van der Waals surface area contributed by atoms with Crippen molar-refractivity contribution in [3.05, 3.63) is 23.9 Å². The van der Waals surface area contributed by atoms with Crippen LogP contribution in [-0.2, 0) is 4.79 Å². The van der Waals surface area contributed by atoms with Gasteiger partial charge in [-0.3, -0.25) is 9.59 Å². The molecule has 1 aromatic heterocycles. The molecule has 0 aliphatic rings. The van der Waals surface area contributed by atoms with Gasteiger partial charge in [0.25, 0.3) is 0 Å². The first-order valence-corrected chi connectivity index (χ1v) is 4.57. The van der Waals surface area contributed by atoms with Gasteiger partial charge in [0.1, 0.15) is 5.82 Å². The van der Waals surface area contributed by atoms with Crippen LogP contribution in [0.2, 0.25) is 0 Å². The molecule has 0 unspecified atom stereocenters. The highest BCUT2D eigenvalue weighted by molar-refractivity contribution is 5.94. The first-order chi connectivity index (χ1) is 7.00. The second-order valence-electron chi connectivity index (χ2n) is 3.44. The molecule has 1 aromatic rings. The van der Waals surface area contributed by atoms with Gasteiger partial charge in [0, 0.05) is 12.1 Å². The summed E-state index contributed by atoms with van der Waals surface area (Å²) in [6.07, 6.45) is 1.33. The summed E-state index contributed by atoms with van der Waals surface area (Å²) in [5, 5.41) is 2.61. The fourth-order valence-corrected chi connectivity index (χ4v) is 0.884. The lowest BCUT2D eigenvalue weighted by Crippen LogP contribution is -2.19. The van der Waals surface area contributed by atoms with Crippen molar-refractivity contribution in [2.75, 3.05) is 5.32 Å². The van der Waals surface area contributed by atoms with E-state index in [-0.39, 0.29) is 11.8 Å². The first kappa shape index (κ1) is 11.2. The zero-order valence-corrected chi connectivity index (χ0v) is 8.65. The molecule has 0 saturated heterocycles. The van der Waals surface area contributed by atoms with Gasteiger partial charge in [0.15, 0.2) is 0 Å². The number of nitrogens with two attached hydrogens (primary N) is 1. The fraction of sp³-hybridized carbons (Fsp3) is 0.300. The monoisotopic (exact) mass is 207 g/mol. The molecular weight excluding hydrogens is 194 g/mol. The highest BCUT2D eigenvalue weighted by Crippen LogP contribution is 2.06. The number of pyridine rings is 1. The fourth-order valence-electron chi connectivity index (χ4n) is 0.884. The second-order valence-corrected chi connectivity index (χ2v) is 3.44. The summed E-state index contributed by atoms with van der Waals surface area (Å²) >= 11 is 0. The van der Waals surface area contributed by atoms with E-state index in [9.17, 15) is 9.59 Å². The Morgan fingerprint density at radius 2 is 2.07 bits per heavy atom.